The first-order valence-corrected chi connectivity index (χ1v) is 10.3. The van der Waals surface area contributed by atoms with Gasteiger partial charge in [-0.3, -0.25) is 0 Å². The molecule has 2 N–H and O–H groups in total. The third-order valence-corrected chi connectivity index (χ3v) is 5.40. The van der Waals surface area contributed by atoms with Gasteiger partial charge in [-0.2, -0.15) is 0 Å². The molecule has 4 aromatic carbocycles. The molecule has 0 saturated heterocycles. The Hall–Kier alpha value is -3.57. The van der Waals surface area contributed by atoms with E-state index < -0.39 is 9.84 Å². The van der Waals surface area contributed by atoms with Crippen LogP contribution in [0.4, 0.5) is 0 Å². The topological polar surface area (TPSA) is 74.6 Å². The van der Waals surface area contributed by atoms with Crippen molar-refractivity contribution in [2.75, 3.05) is 0 Å². The van der Waals surface area contributed by atoms with E-state index in [2.05, 4.69) is 0 Å². The number of sulfone groups is 1. The van der Waals surface area contributed by atoms with Crippen LogP contribution in [0.1, 0.15) is 0 Å². The fourth-order valence-corrected chi connectivity index (χ4v) is 3.49. The highest BCUT2D eigenvalue weighted by Gasteiger charge is 2.15. The lowest BCUT2D eigenvalue weighted by molar-refractivity contribution is 0.475. The van der Waals surface area contributed by atoms with Crippen molar-refractivity contribution in [2.45, 2.75) is 9.79 Å². The molecule has 5 heteroatoms. The predicted molar refractivity (Wildman–Crippen MR) is 115 cm³/mol. The van der Waals surface area contributed by atoms with E-state index in [0.29, 0.717) is 21.3 Å². The quantitative estimate of drug-likeness (QED) is 0.473. The Morgan fingerprint density at radius 3 is 0.862 bits per heavy atom. The van der Waals surface area contributed by atoms with Crippen molar-refractivity contribution >= 4 is 9.84 Å². The Balaban J connectivity index is 0.000000178. The van der Waals surface area contributed by atoms with Crippen molar-refractivity contribution < 1.29 is 18.6 Å². The van der Waals surface area contributed by atoms with E-state index in [9.17, 15) is 8.42 Å². The monoisotopic (exact) mass is 406 g/mol. The molecule has 0 amide bonds. The molecule has 0 aromatic heterocycles. The van der Waals surface area contributed by atoms with Crippen LogP contribution in [0.2, 0.25) is 0 Å². The summed E-state index contributed by atoms with van der Waals surface area (Å²) in [6.07, 6.45) is 0. The van der Waals surface area contributed by atoms with Crippen LogP contribution in [0.5, 0.6) is 11.5 Å². The van der Waals surface area contributed by atoms with Crippen molar-refractivity contribution in [1.29, 1.82) is 0 Å². The summed E-state index contributed by atoms with van der Waals surface area (Å²) in [5.41, 5.74) is 0. The first-order valence-electron chi connectivity index (χ1n) is 8.83. The van der Waals surface area contributed by atoms with Crippen LogP contribution in [-0.2, 0) is 9.84 Å². The molecule has 0 spiro atoms. The van der Waals surface area contributed by atoms with Crippen LogP contribution in [0.25, 0.3) is 0 Å². The van der Waals surface area contributed by atoms with Crippen molar-refractivity contribution in [3.63, 3.8) is 0 Å². The van der Waals surface area contributed by atoms with E-state index >= 15 is 0 Å². The lowest BCUT2D eigenvalue weighted by Gasteiger charge is -2.03. The van der Waals surface area contributed by atoms with Crippen molar-refractivity contribution in [3.05, 3.63) is 121 Å². The second-order valence-electron chi connectivity index (χ2n) is 5.80. The molecule has 4 rings (SSSR count). The van der Waals surface area contributed by atoms with Crippen LogP contribution >= 0.6 is 0 Å². The van der Waals surface area contributed by atoms with Crippen LogP contribution < -0.4 is 0 Å². The second kappa shape index (κ2) is 11.3. The summed E-state index contributed by atoms with van der Waals surface area (Å²) < 4.78 is 24.1. The van der Waals surface area contributed by atoms with Crippen LogP contribution in [-0.4, -0.2) is 18.6 Å². The standard InChI is InChI=1S/C12H10O2S.2C6H6O/c13-15(14,11-7-3-1-4-8-11)12-9-5-2-6-10-12;2*7-6-4-2-1-3-5-6/h1-10H;2*1-5,7H. The molecule has 0 atom stereocenters. The smallest absolute Gasteiger partial charge is 0.206 e. The molecule has 0 saturated carbocycles. The largest absolute Gasteiger partial charge is 0.508 e. The molecule has 4 nitrogen and oxygen atoms in total. The van der Waals surface area contributed by atoms with Crippen molar-refractivity contribution in [1.82, 2.24) is 0 Å². The minimum absolute atomic E-state index is 0.322. The summed E-state index contributed by atoms with van der Waals surface area (Å²) in [5.74, 6) is 0.644. The molecule has 0 bridgehead atoms. The molecule has 0 unspecified atom stereocenters. The third kappa shape index (κ3) is 7.52. The second-order valence-corrected chi connectivity index (χ2v) is 7.75. The molecule has 0 fully saturated rings. The molecular weight excluding hydrogens is 384 g/mol. The summed E-state index contributed by atoms with van der Waals surface area (Å²) >= 11 is 0. The van der Waals surface area contributed by atoms with E-state index in [4.69, 9.17) is 10.2 Å². The van der Waals surface area contributed by atoms with Gasteiger partial charge in [0.15, 0.2) is 0 Å². The van der Waals surface area contributed by atoms with Crippen molar-refractivity contribution in [2.24, 2.45) is 0 Å². The number of hydrogen-bond acceptors (Lipinski definition) is 4. The Morgan fingerprint density at radius 1 is 0.414 bits per heavy atom. The first kappa shape index (κ1) is 21.7. The van der Waals surface area contributed by atoms with E-state index in [1.54, 1.807) is 109 Å². The van der Waals surface area contributed by atoms with E-state index in [1.165, 1.54) is 0 Å². The van der Waals surface area contributed by atoms with Gasteiger partial charge in [-0.1, -0.05) is 72.8 Å². The van der Waals surface area contributed by atoms with Gasteiger partial charge >= 0.3 is 0 Å². The number of aromatic hydroxyl groups is 2. The van der Waals surface area contributed by atoms with E-state index in [1.807, 2.05) is 12.1 Å². The number of benzene rings is 4. The molecule has 0 aliphatic rings. The van der Waals surface area contributed by atoms with Crippen LogP contribution in [0.3, 0.4) is 0 Å². The van der Waals surface area contributed by atoms with Crippen molar-refractivity contribution in [3.8, 4) is 11.5 Å². The third-order valence-electron chi connectivity index (χ3n) is 3.62. The molecule has 29 heavy (non-hydrogen) atoms. The zero-order valence-electron chi connectivity index (χ0n) is 15.7. The molecule has 4 aromatic rings. The van der Waals surface area contributed by atoms with E-state index in [0.717, 1.165) is 0 Å². The summed E-state index contributed by atoms with van der Waals surface area (Å²) in [7, 11) is -3.34. The maximum absolute atomic E-state index is 12.0. The SMILES string of the molecule is O=S(=O)(c1ccccc1)c1ccccc1.Oc1ccccc1.Oc1ccccc1. The number of hydrogen-bond donors (Lipinski definition) is 2. The van der Waals surface area contributed by atoms with Gasteiger partial charge < -0.3 is 10.2 Å². The number of phenolic OH excluding ortho intramolecular Hbond substituents is 2. The predicted octanol–water partition coefficient (Wildman–Crippen LogP) is 5.30. The Labute approximate surface area is 171 Å². The molecule has 0 aliphatic heterocycles. The number of para-hydroxylation sites is 2. The molecule has 0 radical (unpaired) electrons. The zero-order chi connectivity index (χ0) is 21.0. The highest BCUT2D eigenvalue weighted by atomic mass is 32.2. The maximum Gasteiger partial charge on any atom is 0.206 e. The summed E-state index contributed by atoms with van der Waals surface area (Å²) in [4.78, 5) is 0.660. The van der Waals surface area contributed by atoms with Gasteiger partial charge in [0, 0.05) is 0 Å². The lowest BCUT2D eigenvalue weighted by Crippen LogP contribution is -2.00. The highest BCUT2D eigenvalue weighted by molar-refractivity contribution is 7.91. The minimum atomic E-state index is -3.34. The number of phenols is 2. The van der Waals surface area contributed by atoms with Crippen LogP contribution in [0.15, 0.2) is 131 Å². The average Bonchev–Trinajstić information content (AvgIpc) is 2.77. The van der Waals surface area contributed by atoms with Gasteiger partial charge in [0.1, 0.15) is 11.5 Å². The molecule has 0 aliphatic carbocycles. The average molecular weight is 407 g/mol. The fourth-order valence-electron chi connectivity index (χ4n) is 2.19. The first-order chi connectivity index (χ1) is 14.0. The molecule has 0 heterocycles. The Bertz CT molecular complexity index is 968. The minimum Gasteiger partial charge on any atom is -0.508 e. The van der Waals surface area contributed by atoms with Gasteiger partial charge in [0.25, 0.3) is 0 Å². The van der Waals surface area contributed by atoms with Gasteiger partial charge in [0.05, 0.1) is 9.79 Å². The summed E-state index contributed by atoms with van der Waals surface area (Å²) in [6, 6.07) is 34.3. The van der Waals surface area contributed by atoms with Crippen LogP contribution in [0, 0.1) is 0 Å². The Kier molecular flexibility index (Phi) is 8.48. The summed E-state index contributed by atoms with van der Waals surface area (Å²) in [5, 5.41) is 17.3. The fraction of sp³-hybridized carbons (Fsp3) is 0. The van der Waals surface area contributed by atoms with Gasteiger partial charge in [-0.15, -0.1) is 0 Å². The maximum atomic E-state index is 12.0. The lowest BCUT2D eigenvalue weighted by atomic mass is 10.3. The Morgan fingerprint density at radius 2 is 0.655 bits per heavy atom. The normalized spacial score (nSPS) is 9.93. The highest BCUT2D eigenvalue weighted by Crippen LogP contribution is 2.19. The van der Waals surface area contributed by atoms with E-state index in [-0.39, 0.29) is 0 Å². The van der Waals surface area contributed by atoms with Gasteiger partial charge in [-0.25, -0.2) is 8.42 Å². The number of rotatable bonds is 2. The summed E-state index contributed by atoms with van der Waals surface area (Å²) in [6.45, 7) is 0. The molecular formula is C24H22O4S. The zero-order valence-corrected chi connectivity index (χ0v) is 16.5. The van der Waals surface area contributed by atoms with Gasteiger partial charge in [0.2, 0.25) is 9.84 Å². The van der Waals surface area contributed by atoms with Gasteiger partial charge in [-0.05, 0) is 48.5 Å². The molecule has 148 valence electrons.